The first kappa shape index (κ1) is 26.3. The molecule has 3 aromatic rings. The normalized spacial score (nSPS) is 19.7. The van der Waals surface area contributed by atoms with Crippen molar-refractivity contribution in [3.63, 3.8) is 0 Å². The number of fused-ring (bicyclic) bond motifs is 7. The smallest absolute Gasteiger partial charge is 0.258 e. The van der Waals surface area contributed by atoms with Crippen LogP contribution in [0.5, 0.6) is 11.5 Å². The Morgan fingerprint density at radius 1 is 1.10 bits per heavy atom. The highest BCUT2D eigenvalue weighted by Crippen LogP contribution is 2.24. The third kappa shape index (κ3) is 6.05. The van der Waals surface area contributed by atoms with Gasteiger partial charge in [0.05, 0.1) is 18.2 Å². The van der Waals surface area contributed by atoms with Gasteiger partial charge in [-0.1, -0.05) is 23.4 Å². The van der Waals surface area contributed by atoms with Crippen molar-refractivity contribution < 1.29 is 28.4 Å². The molecular formula is C29H32N4O6. The van der Waals surface area contributed by atoms with Gasteiger partial charge in [0.25, 0.3) is 11.8 Å². The van der Waals surface area contributed by atoms with Gasteiger partial charge in [-0.2, -0.15) is 0 Å². The summed E-state index contributed by atoms with van der Waals surface area (Å²) in [6, 6.07) is 12.1. The third-order valence-corrected chi connectivity index (χ3v) is 7.24. The first-order valence-electron chi connectivity index (χ1n) is 13.0. The summed E-state index contributed by atoms with van der Waals surface area (Å²) in [5.74, 6) is 1.09. The summed E-state index contributed by atoms with van der Waals surface area (Å²) in [6.07, 6.45) is 0.373. The lowest BCUT2D eigenvalue weighted by Gasteiger charge is -2.39. The molecule has 0 radical (unpaired) electrons. The van der Waals surface area contributed by atoms with E-state index in [9.17, 15) is 14.4 Å². The molecule has 0 saturated carbocycles. The van der Waals surface area contributed by atoms with Crippen LogP contribution in [0.2, 0.25) is 0 Å². The molecule has 39 heavy (non-hydrogen) atoms. The monoisotopic (exact) mass is 532 g/mol. The van der Waals surface area contributed by atoms with Gasteiger partial charge < -0.3 is 29.5 Å². The minimum absolute atomic E-state index is 0.0620. The molecule has 204 valence electrons. The predicted molar refractivity (Wildman–Crippen MR) is 142 cm³/mol. The SMILES string of the molecule is Cc1ccc2cc1OCC(=O)NCc1ccc(cc1)O[C@H]1CCN(C(=O)Cc3c(C)noc3C)C[C@@H]1NC2=O. The van der Waals surface area contributed by atoms with E-state index in [0.717, 1.165) is 16.7 Å². The molecule has 10 heteroatoms. The first-order valence-corrected chi connectivity index (χ1v) is 13.0. The number of amides is 3. The Hall–Kier alpha value is -4.34. The lowest BCUT2D eigenvalue weighted by Crippen LogP contribution is -2.58. The topological polar surface area (TPSA) is 123 Å². The van der Waals surface area contributed by atoms with Crippen molar-refractivity contribution in [3.05, 3.63) is 76.2 Å². The van der Waals surface area contributed by atoms with E-state index in [0.29, 0.717) is 54.6 Å². The van der Waals surface area contributed by atoms with E-state index in [-0.39, 0.29) is 36.9 Å². The van der Waals surface area contributed by atoms with Gasteiger partial charge in [-0.05, 0) is 56.2 Å². The summed E-state index contributed by atoms with van der Waals surface area (Å²) < 4.78 is 17.3. The highest BCUT2D eigenvalue weighted by atomic mass is 16.5. The number of nitrogens with zero attached hydrogens (tertiary/aromatic N) is 2. The number of rotatable bonds is 2. The quantitative estimate of drug-likeness (QED) is 0.520. The van der Waals surface area contributed by atoms with Gasteiger partial charge in [0, 0.05) is 37.2 Å². The molecule has 6 rings (SSSR count). The van der Waals surface area contributed by atoms with Crippen molar-refractivity contribution in [1.82, 2.24) is 20.7 Å². The van der Waals surface area contributed by atoms with E-state index < -0.39 is 6.04 Å². The Bertz CT molecular complexity index is 1360. The highest BCUT2D eigenvalue weighted by molar-refractivity contribution is 5.95. The molecule has 3 aliphatic heterocycles. The van der Waals surface area contributed by atoms with Gasteiger partial charge >= 0.3 is 0 Å². The van der Waals surface area contributed by atoms with Crippen LogP contribution in [0, 0.1) is 20.8 Å². The molecule has 0 unspecified atom stereocenters. The van der Waals surface area contributed by atoms with Crippen LogP contribution in [0.25, 0.3) is 0 Å². The van der Waals surface area contributed by atoms with Crippen LogP contribution in [0.15, 0.2) is 47.0 Å². The largest absolute Gasteiger partial charge is 0.488 e. The van der Waals surface area contributed by atoms with Gasteiger partial charge in [0.2, 0.25) is 5.91 Å². The molecule has 0 spiro atoms. The molecule has 1 fully saturated rings. The maximum Gasteiger partial charge on any atom is 0.258 e. The second kappa shape index (κ2) is 11.2. The number of hydrogen-bond acceptors (Lipinski definition) is 7. The fraction of sp³-hybridized carbons (Fsp3) is 0.379. The van der Waals surface area contributed by atoms with Crippen molar-refractivity contribution >= 4 is 17.7 Å². The van der Waals surface area contributed by atoms with Gasteiger partial charge in [-0.25, -0.2) is 0 Å². The summed E-state index contributed by atoms with van der Waals surface area (Å²) in [5.41, 5.74) is 3.61. The maximum atomic E-state index is 13.4. The average molecular weight is 533 g/mol. The van der Waals surface area contributed by atoms with Crippen molar-refractivity contribution in [1.29, 1.82) is 0 Å². The molecule has 3 aliphatic rings. The molecule has 1 saturated heterocycles. The molecular weight excluding hydrogens is 500 g/mol. The number of carbonyl (C=O) groups excluding carboxylic acids is 3. The molecule has 4 heterocycles. The van der Waals surface area contributed by atoms with Crippen LogP contribution in [0.1, 0.15) is 44.9 Å². The van der Waals surface area contributed by atoms with Gasteiger partial charge in [-0.3, -0.25) is 14.4 Å². The first-order chi connectivity index (χ1) is 18.8. The molecule has 2 atom stereocenters. The zero-order valence-electron chi connectivity index (χ0n) is 22.3. The number of piperidine rings is 1. The van der Waals surface area contributed by atoms with Crippen LogP contribution < -0.4 is 20.1 Å². The number of aromatic nitrogens is 1. The molecule has 2 N–H and O–H groups in total. The summed E-state index contributed by atoms with van der Waals surface area (Å²) in [4.78, 5) is 40.7. The van der Waals surface area contributed by atoms with Crippen molar-refractivity contribution in [3.8, 4) is 11.5 Å². The summed E-state index contributed by atoms with van der Waals surface area (Å²) in [5, 5.41) is 9.88. The summed E-state index contributed by atoms with van der Waals surface area (Å²) in [6.45, 7) is 6.45. The molecule has 4 bridgehead atoms. The van der Waals surface area contributed by atoms with Crippen molar-refractivity contribution in [2.24, 2.45) is 0 Å². The fourth-order valence-corrected chi connectivity index (χ4v) is 4.86. The lowest BCUT2D eigenvalue weighted by atomic mass is 9.99. The van der Waals surface area contributed by atoms with Crippen LogP contribution in [0.4, 0.5) is 0 Å². The van der Waals surface area contributed by atoms with Gasteiger partial charge in [0.15, 0.2) is 6.61 Å². The second-order valence-electron chi connectivity index (χ2n) is 10.0. The minimum Gasteiger partial charge on any atom is -0.488 e. The Labute approximate surface area is 226 Å². The minimum atomic E-state index is -0.454. The molecule has 3 amide bonds. The predicted octanol–water partition coefficient (Wildman–Crippen LogP) is 2.63. The molecule has 10 nitrogen and oxygen atoms in total. The molecule has 0 aliphatic carbocycles. The van der Waals surface area contributed by atoms with E-state index >= 15 is 0 Å². The zero-order valence-corrected chi connectivity index (χ0v) is 22.3. The number of aryl methyl sites for hydroxylation is 3. The Balaban J connectivity index is 1.40. The Kier molecular flexibility index (Phi) is 7.53. The summed E-state index contributed by atoms with van der Waals surface area (Å²) >= 11 is 0. The van der Waals surface area contributed by atoms with E-state index in [1.807, 2.05) is 38.1 Å². The number of ether oxygens (including phenoxy) is 2. The Morgan fingerprint density at radius 2 is 1.90 bits per heavy atom. The standard InChI is InChI=1S/C29H32N4O6/c1-17-4-7-21-12-26(17)37-16-27(34)30-14-20-5-8-22(9-6-20)38-25-10-11-33(15-24(25)31-29(21)36)28(35)13-23-18(2)32-39-19(23)3/h4-9,12,24-25H,10-11,13-16H2,1-3H3,(H,30,34)(H,31,36)/t24-,25-/m0/s1. The number of carbonyl (C=O) groups is 3. The summed E-state index contributed by atoms with van der Waals surface area (Å²) in [7, 11) is 0. The lowest BCUT2D eigenvalue weighted by molar-refractivity contribution is -0.133. The highest BCUT2D eigenvalue weighted by Gasteiger charge is 2.35. The second-order valence-corrected chi connectivity index (χ2v) is 10.0. The van der Waals surface area contributed by atoms with E-state index in [4.69, 9.17) is 14.0 Å². The Morgan fingerprint density at radius 3 is 2.64 bits per heavy atom. The maximum absolute atomic E-state index is 13.4. The fourth-order valence-electron chi connectivity index (χ4n) is 4.86. The van der Waals surface area contributed by atoms with Crippen molar-refractivity contribution in [2.45, 2.75) is 52.3 Å². The van der Waals surface area contributed by atoms with Gasteiger partial charge in [-0.15, -0.1) is 0 Å². The zero-order chi connectivity index (χ0) is 27.5. The number of nitrogens with one attached hydrogen (secondary N) is 2. The molecule has 2 aromatic carbocycles. The van der Waals surface area contributed by atoms with Crippen LogP contribution in [-0.4, -0.2) is 59.6 Å². The molecule has 1 aromatic heterocycles. The number of hydrogen-bond donors (Lipinski definition) is 2. The van der Waals surface area contributed by atoms with Gasteiger partial charge in [0.1, 0.15) is 23.4 Å². The van der Waals surface area contributed by atoms with E-state index in [2.05, 4.69) is 15.8 Å². The van der Waals surface area contributed by atoms with Crippen LogP contribution in [0.3, 0.4) is 0 Å². The van der Waals surface area contributed by atoms with Crippen LogP contribution in [-0.2, 0) is 22.6 Å². The number of benzene rings is 2. The average Bonchev–Trinajstić information content (AvgIpc) is 3.24. The van der Waals surface area contributed by atoms with E-state index in [1.54, 1.807) is 30.0 Å². The van der Waals surface area contributed by atoms with E-state index in [1.165, 1.54) is 0 Å². The van der Waals surface area contributed by atoms with Crippen LogP contribution >= 0.6 is 0 Å². The number of likely N-dealkylation sites (tertiary alicyclic amines) is 1. The third-order valence-electron chi connectivity index (χ3n) is 7.24. The van der Waals surface area contributed by atoms with Crippen molar-refractivity contribution in [2.75, 3.05) is 19.7 Å².